The monoisotopic (exact) mass is 432 g/mol. The maximum Gasteiger partial charge on any atom is 0.258 e. The van der Waals surface area contributed by atoms with Crippen LogP contribution in [0.1, 0.15) is 37.3 Å². The molecule has 3 aromatic rings. The molecule has 2 N–H and O–H groups in total. The first-order valence-electron chi connectivity index (χ1n) is 9.83. The van der Waals surface area contributed by atoms with Crippen LogP contribution in [0.3, 0.4) is 0 Å². The van der Waals surface area contributed by atoms with Crippen molar-refractivity contribution < 1.29 is 13.2 Å². The summed E-state index contributed by atoms with van der Waals surface area (Å²) in [7, 11) is 0. The van der Waals surface area contributed by atoms with Crippen molar-refractivity contribution in [3.63, 3.8) is 0 Å². The summed E-state index contributed by atoms with van der Waals surface area (Å²) < 4.78 is 43.9. The lowest BCUT2D eigenvalue weighted by Crippen LogP contribution is -2.30. The number of thiocarbonyl (C=S) groups is 1. The molecule has 1 aliphatic carbocycles. The largest absolute Gasteiger partial charge is 0.360 e. The lowest BCUT2D eigenvalue weighted by atomic mass is 10.0. The van der Waals surface area contributed by atoms with Gasteiger partial charge in [-0.15, -0.1) is 5.10 Å². The molecule has 1 saturated carbocycles. The lowest BCUT2D eigenvalue weighted by Gasteiger charge is -2.26. The van der Waals surface area contributed by atoms with Crippen molar-refractivity contribution in [1.82, 2.24) is 19.9 Å². The van der Waals surface area contributed by atoms with Gasteiger partial charge in [-0.25, -0.2) is 18.3 Å². The Bertz CT molecular complexity index is 1130. The predicted molar refractivity (Wildman–Crippen MR) is 111 cm³/mol. The first-order chi connectivity index (χ1) is 14.5. The quantitative estimate of drug-likeness (QED) is 0.610. The molecule has 1 aromatic carbocycles. The first kappa shape index (κ1) is 19.1. The van der Waals surface area contributed by atoms with Crippen molar-refractivity contribution in [2.75, 3.05) is 16.8 Å². The Morgan fingerprint density at radius 3 is 2.77 bits per heavy atom. The van der Waals surface area contributed by atoms with Crippen LogP contribution >= 0.6 is 12.2 Å². The standard InChI is InChI=1S/C20H19F3N6S/c21-11-3-6-14(22)13(10-11)15-2-1-8-28(15)16-7-9-29-19(25-16)17(18(23)27-29)26-20(30)24-12-4-5-12/h3,6-7,9-10,12,15H,1-2,4-5,8H2,(H2,24,26,30). The Labute approximate surface area is 176 Å². The van der Waals surface area contributed by atoms with Gasteiger partial charge in [0.2, 0.25) is 0 Å². The molecule has 5 rings (SSSR count). The number of hydrogen-bond donors (Lipinski definition) is 2. The Morgan fingerprint density at radius 1 is 1.13 bits per heavy atom. The van der Waals surface area contributed by atoms with Crippen LogP contribution in [0.25, 0.3) is 5.65 Å². The van der Waals surface area contributed by atoms with Crippen molar-refractivity contribution in [2.45, 2.75) is 37.8 Å². The maximum atomic E-state index is 14.4. The van der Waals surface area contributed by atoms with Gasteiger partial charge in [-0.05, 0) is 62.2 Å². The summed E-state index contributed by atoms with van der Waals surface area (Å²) in [6.07, 6.45) is 5.15. The smallest absolute Gasteiger partial charge is 0.258 e. The molecule has 3 heterocycles. The van der Waals surface area contributed by atoms with Gasteiger partial charge in [-0.2, -0.15) is 4.39 Å². The molecule has 1 unspecified atom stereocenters. The van der Waals surface area contributed by atoms with Crippen LogP contribution in [-0.2, 0) is 0 Å². The van der Waals surface area contributed by atoms with Gasteiger partial charge >= 0.3 is 0 Å². The number of rotatable bonds is 4. The number of fused-ring (bicyclic) bond motifs is 1. The molecule has 2 aromatic heterocycles. The molecule has 0 amide bonds. The fraction of sp³-hybridized carbons (Fsp3) is 0.350. The molecule has 2 aliphatic rings. The van der Waals surface area contributed by atoms with E-state index in [-0.39, 0.29) is 17.4 Å². The van der Waals surface area contributed by atoms with E-state index >= 15 is 0 Å². The van der Waals surface area contributed by atoms with Gasteiger partial charge in [0.15, 0.2) is 10.8 Å². The van der Waals surface area contributed by atoms with E-state index in [9.17, 15) is 13.2 Å². The SMILES string of the molecule is Fc1ccc(F)c(C2CCCN2c2ccn3nc(F)c(NC(=S)NC4CC4)c3n2)c1. The highest BCUT2D eigenvalue weighted by molar-refractivity contribution is 7.80. The van der Waals surface area contributed by atoms with Gasteiger partial charge in [-0.3, -0.25) is 0 Å². The number of anilines is 2. The van der Waals surface area contributed by atoms with Crippen molar-refractivity contribution in [3.05, 3.63) is 53.6 Å². The topological polar surface area (TPSA) is 57.5 Å². The van der Waals surface area contributed by atoms with Crippen LogP contribution < -0.4 is 15.5 Å². The fourth-order valence-corrected chi connectivity index (χ4v) is 4.13. The molecule has 0 radical (unpaired) electrons. The number of nitrogens with zero attached hydrogens (tertiary/aromatic N) is 4. The Morgan fingerprint density at radius 2 is 1.97 bits per heavy atom. The molecule has 1 aliphatic heterocycles. The first-order valence-corrected chi connectivity index (χ1v) is 10.2. The Hall–Kier alpha value is -2.88. The fourth-order valence-electron chi connectivity index (χ4n) is 3.86. The second kappa shape index (κ2) is 7.42. The average molecular weight is 432 g/mol. The van der Waals surface area contributed by atoms with E-state index in [2.05, 4.69) is 20.7 Å². The zero-order valence-electron chi connectivity index (χ0n) is 15.9. The van der Waals surface area contributed by atoms with E-state index < -0.39 is 17.6 Å². The number of aromatic nitrogens is 3. The molecule has 1 saturated heterocycles. The normalized spacial score (nSPS) is 18.8. The van der Waals surface area contributed by atoms with Gasteiger partial charge in [0.1, 0.15) is 23.1 Å². The summed E-state index contributed by atoms with van der Waals surface area (Å²) >= 11 is 5.25. The highest BCUT2D eigenvalue weighted by atomic mass is 32.1. The second-order valence-electron chi connectivity index (χ2n) is 7.61. The number of nitrogens with one attached hydrogen (secondary N) is 2. The molecule has 10 heteroatoms. The number of halogens is 3. The van der Waals surface area contributed by atoms with Gasteiger partial charge in [-0.1, -0.05) is 0 Å². The summed E-state index contributed by atoms with van der Waals surface area (Å²) in [5, 5.41) is 10.1. The summed E-state index contributed by atoms with van der Waals surface area (Å²) in [5.41, 5.74) is 0.653. The van der Waals surface area contributed by atoms with E-state index in [0.29, 0.717) is 35.5 Å². The third-order valence-corrected chi connectivity index (χ3v) is 5.66. The van der Waals surface area contributed by atoms with Crippen molar-refractivity contribution >= 4 is 34.5 Å². The maximum absolute atomic E-state index is 14.4. The van der Waals surface area contributed by atoms with Crippen LogP contribution in [0.4, 0.5) is 24.7 Å². The van der Waals surface area contributed by atoms with Crippen LogP contribution in [0.2, 0.25) is 0 Å². The van der Waals surface area contributed by atoms with E-state index in [1.54, 1.807) is 12.3 Å². The molecule has 2 fully saturated rings. The van der Waals surface area contributed by atoms with E-state index in [0.717, 1.165) is 31.4 Å². The van der Waals surface area contributed by atoms with E-state index in [4.69, 9.17) is 12.2 Å². The Balaban J connectivity index is 1.48. The molecule has 156 valence electrons. The molecule has 1 atom stereocenters. The van der Waals surface area contributed by atoms with Gasteiger partial charge < -0.3 is 15.5 Å². The van der Waals surface area contributed by atoms with E-state index in [1.165, 1.54) is 10.6 Å². The summed E-state index contributed by atoms with van der Waals surface area (Å²) in [4.78, 5) is 6.48. The lowest BCUT2D eigenvalue weighted by molar-refractivity contribution is 0.560. The Kier molecular flexibility index (Phi) is 4.73. The van der Waals surface area contributed by atoms with Crippen molar-refractivity contribution in [3.8, 4) is 0 Å². The highest BCUT2D eigenvalue weighted by Crippen LogP contribution is 2.37. The second-order valence-corrected chi connectivity index (χ2v) is 8.02. The minimum absolute atomic E-state index is 0.0858. The molecular formula is C20H19F3N6S. The van der Waals surface area contributed by atoms with Crippen LogP contribution in [0.5, 0.6) is 0 Å². The highest BCUT2D eigenvalue weighted by Gasteiger charge is 2.30. The third-order valence-electron chi connectivity index (χ3n) is 5.44. The van der Waals surface area contributed by atoms with Crippen LogP contribution in [0.15, 0.2) is 30.5 Å². The molecule has 0 spiro atoms. The van der Waals surface area contributed by atoms with E-state index in [1.807, 2.05) is 4.90 Å². The van der Waals surface area contributed by atoms with Crippen molar-refractivity contribution in [2.24, 2.45) is 0 Å². The van der Waals surface area contributed by atoms with Crippen LogP contribution in [0, 0.1) is 17.6 Å². The summed E-state index contributed by atoms with van der Waals surface area (Å²) in [6.45, 7) is 0.630. The average Bonchev–Trinajstić information content (AvgIpc) is 3.30. The predicted octanol–water partition coefficient (Wildman–Crippen LogP) is 3.94. The minimum Gasteiger partial charge on any atom is -0.360 e. The molecule has 0 bridgehead atoms. The zero-order valence-corrected chi connectivity index (χ0v) is 16.7. The number of benzene rings is 1. The van der Waals surface area contributed by atoms with Crippen LogP contribution in [-0.4, -0.2) is 32.3 Å². The third kappa shape index (κ3) is 3.55. The van der Waals surface area contributed by atoms with Crippen molar-refractivity contribution in [1.29, 1.82) is 0 Å². The van der Waals surface area contributed by atoms with Gasteiger partial charge in [0.05, 0.1) is 6.04 Å². The molecule has 30 heavy (non-hydrogen) atoms. The molecule has 6 nitrogen and oxygen atoms in total. The zero-order chi connectivity index (χ0) is 20.8. The van der Waals surface area contributed by atoms with Gasteiger partial charge in [0, 0.05) is 24.3 Å². The minimum atomic E-state index is -0.714. The number of hydrogen-bond acceptors (Lipinski definition) is 4. The van der Waals surface area contributed by atoms with Gasteiger partial charge in [0.25, 0.3) is 5.95 Å². The summed E-state index contributed by atoms with van der Waals surface area (Å²) in [5.74, 6) is -1.11. The summed E-state index contributed by atoms with van der Waals surface area (Å²) in [6, 6.07) is 5.14. The molecular weight excluding hydrogens is 413 g/mol.